The molecule has 4 heteroatoms. The topological polar surface area (TPSA) is 32.7 Å². The Bertz CT molecular complexity index is 384. The van der Waals surface area contributed by atoms with Crippen molar-refractivity contribution in [2.75, 3.05) is 26.8 Å². The van der Waals surface area contributed by atoms with Gasteiger partial charge in [0.1, 0.15) is 5.75 Å². The van der Waals surface area contributed by atoms with Crippen LogP contribution in [0, 0.1) is 5.92 Å². The highest BCUT2D eigenvalue weighted by molar-refractivity contribution is 9.10. The number of rotatable bonds is 4. The second-order valence-electron chi connectivity index (χ2n) is 4.63. The minimum atomic E-state index is 0.299. The minimum Gasteiger partial charge on any atom is -0.507 e. The van der Waals surface area contributed by atoms with Gasteiger partial charge in [-0.15, -0.1) is 0 Å². The van der Waals surface area contributed by atoms with Crippen LogP contribution in [-0.2, 0) is 11.3 Å². The van der Waals surface area contributed by atoms with E-state index in [1.165, 1.54) is 12.0 Å². The summed E-state index contributed by atoms with van der Waals surface area (Å²) in [4.78, 5) is 2.43. The van der Waals surface area contributed by atoms with E-state index in [2.05, 4.69) is 20.8 Å². The zero-order chi connectivity index (χ0) is 12.3. The molecule has 1 aliphatic rings. The highest BCUT2D eigenvalue weighted by Gasteiger charge is 2.22. The molecule has 1 unspecified atom stereocenters. The molecule has 0 aliphatic carbocycles. The van der Waals surface area contributed by atoms with Gasteiger partial charge in [-0.1, -0.05) is 6.07 Å². The molecule has 1 N–H and O–H groups in total. The second kappa shape index (κ2) is 5.85. The van der Waals surface area contributed by atoms with Crippen molar-refractivity contribution in [2.24, 2.45) is 5.92 Å². The van der Waals surface area contributed by atoms with Crippen LogP contribution in [0.5, 0.6) is 5.75 Å². The van der Waals surface area contributed by atoms with Crippen LogP contribution in [0.25, 0.3) is 0 Å². The van der Waals surface area contributed by atoms with Gasteiger partial charge in [0, 0.05) is 20.2 Å². The first-order valence-corrected chi connectivity index (χ1v) is 6.67. The summed E-state index contributed by atoms with van der Waals surface area (Å²) in [6, 6.07) is 5.70. The highest BCUT2D eigenvalue weighted by Crippen LogP contribution is 2.26. The zero-order valence-electron chi connectivity index (χ0n) is 10.0. The Balaban J connectivity index is 1.91. The number of methoxy groups -OCH3 is 1. The number of benzene rings is 1. The molecule has 0 aromatic heterocycles. The molecule has 1 aliphatic heterocycles. The largest absolute Gasteiger partial charge is 0.507 e. The summed E-state index contributed by atoms with van der Waals surface area (Å²) in [5.74, 6) is 0.966. The SMILES string of the molecule is COCC1CCN(Cc2ccc(O)c(Br)c2)C1. The highest BCUT2D eigenvalue weighted by atomic mass is 79.9. The molecule has 2 rings (SSSR count). The smallest absolute Gasteiger partial charge is 0.129 e. The van der Waals surface area contributed by atoms with E-state index in [0.717, 1.165) is 30.7 Å². The maximum atomic E-state index is 9.44. The number of phenolic OH excluding ortho intramolecular Hbond substituents is 1. The third-order valence-corrected chi connectivity index (χ3v) is 3.83. The van der Waals surface area contributed by atoms with Gasteiger partial charge in [0.25, 0.3) is 0 Å². The summed E-state index contributed by atoms with van der Waals surface area (Å²) in [5, 5.41) is 9.44. The molecule has 0 amide bonds. The Hall–Kier alpha value is -0.580. The van der Waals surface area contributed by atoms with E-state index in [9.17, 15) is 5.11 Å². The van der Waals surface area contributed by atoms with Crippen molar-refractivity contribution < 1.29 is 9.84 Å². The summed E-state index contributed by atoms with van der Waals surface area (Å²) in [7, 11) is 1.76. The van der Waals surface area contributed by atoms with Crippen molar-refractivity contribution in [1.29, 1.82) is 0 Å². The molecule has 1 heterocycles. The van der Waals surface area contributed by atoms with Crippen molar-refractivity contribution in [3.63, 3.8) is 0 Å². The fourth-order valence-corrected chi connectivity index (χ4v) is 2.76. The Kier molecular flexibility index (Phi) is 4.42. The van der Waals surface area contributed by atoms with Gasteiger partial charge in [0.2, 0.25) is 0 Å². The standard InChI is InChI=1S/C13H18BrNO2/c1-17-9-11-4-5-15(8-11)7-10-2-3-13(16)12(14)6-10/h2-3,6,11,16H,4-5,7-9H2,1H3. The van der Waals surface area contributed by atoms with Crippen molar-refractivity contribution in [2.45, 2.75) is 13.0 Å². The molecule has 94 valence electrons. The van der Waals surface area contributed by atoms with Crippen LogP contribution in [0.15, 0.2) is 22.7 Å². The Morgan fingerprint density at radius 2 is 2.35 bits per heavy atom. The molecule has 17 heavy (non-hydrogen) atoms. The molecular formula is C13H18BrNO2. The first-order valence-electron chi connectivity index (χ1n) is 5.87. The summed E-state index contributed by atoms with van der Waals surface area (Å²) in [6.45, 7) is 4.04. The van der Waals surface area contributed by atoms with Crippen molar-refractivity contribution in [3.05, 3.63) is 28.2 Å². The van der Waals surface area contributed by atoms with Gasteiger partial charge in [-0.25, -0.2) is 0 Å². The molecule has 1 aromatic rings. The van der Waals surface area contributed by atoms with Gasteiger partial charge in [0.05, 0.1) is 11.1 Å². The first kappa shape index (κ1) is 12.9. The van der Waals surface area contributed by atoms with Crippen LogP contribution in [0.4, 0.5) is 0 Å². The van der Waals surface area contributed by atoms with Crippen LogP contribution in [0.2, 0.25) is 0 Å². The van der Waals surface area contributed by atoms with E-state index in [4.69, 9.17) is 4.74 Å². The molecule has 0 radical (unpaired) electrons. The van der Waals surface area contributed by atoms with Crippen molar-refractivity contribution in [1.82, 2.24) is 4.90 Å². The summed E-state index contributed by atoms with van der Waals surface area (Å²) in [6.07, 6.45) is 1.22. The number of hydrogen-bond acceptors (Lipinski definition) is 3. The van der Waals surface area contributed by atoms with Crippen molar-refractivity contribution >= 4 is 15.9 Å². The number of hydrogen-bond donors (Lipinski definition) is 1. The van der Waals surface area contributed by atoms with Gasteiger partial charge in [-0.2, -0.15) is 0 Å². The molecule has 0 bridgehead atoms. The molecular weight excluding hydrogens is 282 g/mol. The average molecular weight is 300 g/mol. The Morgan fingerprint density at radius 3 is 3.06 bits per heavy atom. The van der Waals surface area contributed by atoms with Gasteiger partial charge in [-0.05, 0) is 52.5 Å². The molecule has 3 nitrogen and oxygen atoms in total. The van der Waals surface area contributed by atoms with Crippen LogP contribution < -0.4 is 0 Å². The third kappa shape index (κ3) is 3.44. The van der Waals surface area contributed by atoms with E-state index in [1.807, 2.05) is 12.1 Å². The first-order chi connectivity index (χ1) is 8.19. The third-order valence-electron chi connectivity index (χ3n) is 3.19. The number of phenols is 1. The predicted octanol–water partition coefficient (Wildman–Crippen LogP) is 2.62. The summed E-state index contributed by atoms with van der Waals surface area (Å²) < 4.78 is 5.96. The molecule has 1 aromatic carbocycles. The number of ether oxygens (including phenoxy) is 1. The molecule has 0 saturated carbocycles. The van der Waals surface area contributed by atoms with Gasteiger partial charge in [-0.3, -0.25) is 4.90 Å². The lowest BCUT2D eigenvalue weighted by Gasteiger charge is -2.16. The lowest BCUT2D eigenvalue weighted by atomic mass is 10.1. The lowest BCUT2D eigenvalue weighted by molar-refractivity contribution is 0.152. The maximum Gasteiger partial charge on any atom is 0.129 e. The summed E-state index contributed by atoms with van der Waals surface area (Å²) >= 11 is 3.34. The fraction of sp³-hybridized carbons (Fsp3) is 0.538. The van der Waals surface area contributed by atoms with Crippen LogP contribution >= 0.6 is 15.9 Å². The summed E-state index contributed by atoms with van der Waals surface area (Å²) in [5.41, 5.74) is 1.23. The van der Waals surface area contributed by atoms with Gasteiger partial charge < -0.3 is 9.84 Å². The average Bonchev–Trinajstić information content (AvgIpc) is 2.72. The monoisotopic (exact) mass is 299 g/mol. The zero-order valence-corrected chi connectivity index (χ0v) is 11.6. The van der Waals surface area contributed by atoms with Crippen LogP contribution in [0.1, 0.15) is 12.0 Å². The quantitative estimate of drug-likeness (QED) is 0.928. The number of likely N-dealkylation sites (tertiary alicyclic amines) is 1. The van der Waals surface area contributed by atoms with E-state index in [0.29, 0.717) is 11.7 Å². The van der Waals surface area contributed by atoms with E-state index >= 15 is 0 Å². The second-order valence-corrected chi connectivity index (χ2v) is 5.49. The van der Waals surface area contributed by atoms with Gasteiger partial charge in [0.15, 0.2) is 0 Å². The number of nitrogens with zero attached hydrogens (tertiary/aromatic N) is 1. The normalized spacial score (nSPS) is 20.9. The molecule has 1 atom stereocenters. The van der Waals surface area contributed by atoms with Crippen molar-refractivity contribution in [3.8, 4) is 5.75 Å². The van der Waals surface area contributed by atoms with Gasteiger partial charge >= 0.3 is 0 Å². The maximum absolute atomic E-state index is 9.44. The predicted molar refractivity (Wildman–Crippen MR) is 71.1 cm³/mol. The lowest BCUT2D eigenvalue weighted by Crippen LogP contribution is -2.21. The number of halogens is 1. The fourth-order valence-electron chi connectivity index (χ4n) is 2.34. The van der Waals surface area contributed by atoms with E-state index < -0.39 is 0 Å². The molecule has 0 spiro atoms. The van der Waals surface area contributed by atoms with E-state index in [1.54, 1.807) is 13.2 Å². The van der Waals surface area contributed by atoms with E-state index in [-0.39, 0.29) is 0 Å². The van der Waals surface area contributed by atoms with Crippen LogP contribution in [-0.4, -0.2) is 36.8 Å². The molecule has 1 saturated heterocycles. The number of aromatic hydroxyl groups is 1. The van der Waals surface area contributed by atoms with Crippen LogP contribution in [0.3, 0.4) is 0 Å². The molecule has 1 fully saturated rings. The Labute approximate surface area is 111 Å². The Morgan fingerprint density at radius 1 is 1.53 bits per heavy atom. The minimum absolute atomic E-state index is 0.299.